The maximum absolute atomic E-state index is 17.3. The Morgan fingerprint density at radius 1 is 0.824 bits per heavy atom. The highest BCUT2D eigenvalue weighted by atomic mass is 32.7. The SMILES string of the molecule is CCCCCCCC(=O)OCSP1(=O)CO[C@H]2[C@@H](F)[C@H](n3cnc4c(N)ncnc43)O[C@@H]2COP(=O)(SCOC(=O)CCCCCCC)O[C@@H](n2cnc3c(=O)[nH]c(N)nc32)[C@H](F)[C@H](OC)CO1. The summed E-state index contributed by atoms with van der Waals surface area (Å²) in [4.78, 5) is 61.0. The summed E-state index contributed by atoms with van der Waals surface area (Å²) in [6.45, 7) is -6.54. The van der Waals surface area contributed by atoms with E-state index in [2.05, 4.69) is 43.8 Å². The first-order valence-corrected chi connectivity index (χ1v) is 28.7. The number of carbonyl (C=O) groups is 2. The monoisotopic (exact) mass is 1040 g/mol. The van der Waals surface area contributed by atoms with E-state index in [0.717, 1.165) is 75.7 Å². The molecule has 2 aliphatic heterocycles. The van der Waals surface area contributed by atoms with Gasteiger partial charge in [-0.25, -0.2) is 33.3 Å². The average Bonchev–Trinajstić information content (AvgIpc) is 4.02. The molecule has 4 aromatic rings. The van der Waals surface area contributed by atoms with Crippen LogP contribution in [0.4, 0.5) is 20.5 Å². The van der Waals surface area contributed by atoms with Gasteiger partial charge >= 0.3 is 18.7 Å². The van der Waals surface area contributed by atoms with Crippen LogP contribution in [0.15, 0.2) is 23.8 Å². The first-order chi connectivity index (χ1) is 32.7. The number of H-pyrrole nitrogens is 1. The van der Waals surface area contributed by atoms with Gasteiger partial charge in [-0.15, -0.1) is 0 Å². The first kappa shape index (κ1) is 53.6. The number of halogens is 2. The van der Waals surface area contributed by atoms with Crippen LogP contribution < -0.4 is 17.0 Å². The summed E-state index contributed by atoms with van der Waals surface area (Å²) in [5, 5.41) is 0. The predicted molar refractivity (Wildman–Crippen MR) is 248 cm³/mol. The number of aromatic nitrogens is 8. The standard InChI is InChI=1S/C39H58F2N10O13P2S2/c1-4-6-8-10-12-14-26(52)59-22-67-65(55)21-58-32-25(63-37(29(32)41)50-19-46-30-33(42)44-18-45-34(30)50)17-62-66(56,68-23-60-27(53)15-13-11-9-7-5-2)64-38(28(40)24(57-3)16-61-65)51-20-47-31-35(51)48-39(43)49-36(31)54/h18-20,24-25,28-29,32,37-38H,4-17,21-23H2,1-3H3,(H2,42,44,45)(H3,43,48,49,54)/t24-,25-,28-,29-,32-,37-,38-,65?,66?/m1/s1. The van der Waals surface area contributed by atoms with Crippen molar-refractivity contribution in [3.05, 3.63) is 29.3 Å². The minimum atomic E-state index is -4.83. The Balaban J connectivity index is 1.34. The molecule has 5 N–H and O–H groups in total. The molecule has 0 aromatic carbocycles. The van der Waals surface area contributed by atoms with E-state index in [9.17, 15) is 18.9 Å². The first-order valence-electron chi connectivity index (χ1n) is 22.2. The number of nitrogen functional groups attached to an aromatic ring is 2. The Kier molecular flexibility index (Phi) is 20.0. The Hall–Kier alpha value is -3.78. The van der Waals surface area contributed by atoms with E-state index in [4.69, 9.17) is 48.7 Å². The molecule has 0 saturated carbocycles. The second-order valence-electron chi connectivity index (χ2n) is 15.8. The maximum Gasteiger partial charge on any atom is 0.394 e. The Morgan fingerprint density at radius 2 is 1.46 bits per heavy atom. The lowest BCUT2D eigenvalue weighted by Crippen LogP contribution is -2.38. The Morgan fingerprint density at radius 3 is 2.12 bits per heavy atom. The number of methoxy groups -OCH3 is 1. The van der Waals surface area contributed by atoms with E-state index >= 15 is 13.3 Å². The van der Waals surface area contributed by atoms with E-state index in [1.54, 1.807) is 0 Å². The molecule has 2 aliphatic rings. The van der Waals surface area contributed by atoms with Gasteiger partial charge in [0.25, 0.3) is 12.1 Å². The van der Waals surface area contributed by atoms with Gasteiger partial charge in [-0.2, -0.15) is 4.98 Å². The molecule has 0 radical (unpaired) electrons. The summed E-state index contributed by atoms with van der Waals surface area (Å²) in [6.07, 6.45) is -1.56. The quantitative estimate of drug-likeness (QED) is 0.0324. The molecular weight excluding hydrogens is 981 g/mol. The van der Waals surface area contributed by atoms with Gasteiger partial charge in [0.1, 0.15) is 48.4 Å². The number of alkyl halides is 2. The second-order valence-corrected chi connectivity index (χ2v) is 24.5. The number of aromatic amines is 1. The number of nitrogens with zero attached hydrogens (tertiary/aromatic N) is 7. The van der Waals surface area contributed by atoms with E-state index in [1.165, 1.54) is 10.9 Å². The number of unbranched alkanes of at least 4 members (excludes halogenated alkanes) is 8. The molecule has 2 unspecified atom stereocenters. The number of imidazole rings is 2. The van der Waals surface area contributed by atoms with Gasteiger partial charge < -0.3 is 39.7 Å². The molecule has 0 aliphatic carbocycles. The highest BCUT2D eigenvalue weighted by molar-refractivity contribution is 8.56. The highest BCUT2D eigenvalue weighted by Crippen LogP contribution is 2.64. The summed E-state index contributed by atoms with van der Waals surface area (Å²) in [6, 6.07) is 0. The summed E-state index contributed by atoms with van der Waals surface area (Å²) in [5.74, 6) is -2.60. The third-order valence-electron chi connectivity index (χ3n) is 10.9. The van der Waals surface area contributed by atoms with Gasteiger partial charge in [-0.05, 0) is 24.2 Å². The zero-order valence-electron chi connectivity index (χ0n) is 37.9. The second kappa shape index (κ2) is 25.4. The molecule has 6 rings (SSSR count). The molecule has 23 nitrogen and oxygen atoms in total. The molecule has 4 aromatic heterocycles. The van der Waals surface area contributed by atoms with Crippen LogP contribution in [-0.2, 0) is 56.0 Å². The fourth-order valence-electron chi connectivity index (χ4n) is 7.26. The van der Waals surface area contributed by atoms with Crippen molar-refractivity contribution in [2.24, 2.45) is 0 Å². The smallest absolute Gasteiger partial charge is 0.394 e. The van der Waals surface area contributed by atoms with E-state index in [0.29, 0.717) is 35.6 Å². The van der Waals surface area contributed by atoms with Gasteiger partial charge in [0.05, 0.1) is 25.9 Å². The average molecular weight is 1040 g/mol. The van der Waals surface area contributed by atoms with Crippen LogP contribution in [0.3, 0.4) is 0 Å². The molecular formula is C39H58F2N10O13P2S2. The molecule has 0 amide bonds. The summed E-state index contributed by atoms with van der Waals surface area (Å²) < 4.78 is 113. The van der Waals surface area contributed by atoms with Crippen LogP contribution in [0.1, 0.15) is 103 Å². The van der Waals surface area contributed by atoms with Crippen molar-refractivity contribution in [2.45, 2.75) is 134 Å². The molecule has 2 fully saturated rings. The third-order valence-corrected chi connectivity index (χ3v) is 18.0. The van der Waals surface area contributed by atoms with Crippen molar-refractivity contribution < 1.29 is 64.8 Å². The molecule has 2 saturated heterocycles. The molecule has 378 valence electrons. The van der Waals surface area contributed by atoms with E-state index in [1.807, 2.05) is 0 Å². The number of hydrogen-bond donors (Lipinski definition) is 3. The van der Waals surface area contributed by atoms with Crippen LogP contribution in [0.2, 0.25) is 0 Å². The number of esters is 2. The van der Waals surface area contributed by atoms with Crippen LogP contribution in [0, 0.1) is 0 Å². The van der Waals surface area contributed by atoms with Crippen LogP contribution >= 0.6 is 36.1 Å². The lowest BCUT2D eigenvalue weighted by atomic mass is 10.1. The van der Waals surface area contributed by atoms with Crippen LogP contribution in [0.5, 0.6) is 0 Å². The molecule has 9 atom stereocenters. The molecule has 29 heteroatoms. The Labute approximate surface area is 398 Å². The van der Waals surface area contributed by atoms with E-state index in [-0.39, 0.29) is 46.9 Å². The topological polar surface area (TPSA) is 301 Å². The summed E-state index contributed by atoms with van der Waals surface area (Å²) in [5.41, 5.74) is 10.7. The zero-order chi connectivity index (χ0) is 48.8. The number of hydrogen-bond acceptors (Lipinski definition) is 22. The van der Waals surface area contributed by atoms with Crippen molar-refractivity contribution >= 4 is 82.2 Å². The van der Waals surface area contributed by atoms with Gasteiger partial charge in [0, 0.05) is 31.3 Å². The number of ether oxygens (including phenoxy) is 5. The largest absolute Gasteiger partial charge is 0.454 e. The fraction of sp³-hybridized carbons (Fsp3) is 0.692. The van der Waals surface area contributed by atoms with Crippen molar-refractivity contribution in [1.29, 1.82) is 0 Å². The molecule has 0 bridgehead atoms. The number of nitrogens with one attached hydrogen (secondary N) is 1. The number of rotatable bonds is 21. The number of anilines is 2. The molecule has 6 heterocycles. The maximum atomic E-state index is 17.3. The number of carbonyl (C=O) groups excluding carboxylic acids is 2. The zero-order valence-corrected chi connectivity index (χ0v) is 41.3. The normalized spacial score (nSPS) is 27.2. The van der Waals surface area contributed by atoms with E-state index < -0.39 is 105 Å². The third kappa shape index (κ3) is 14.0. The van der Waals surface area contributed by atoms with Crippen LogP contribution in [0.25, 0.3) is 22.3 Å². The summed E-state index contributed by atoms with van der Waals surface area (Å²) >= 11 is 0.930. The predicted octanol–water partition coefficient (Wildman–Crippen LogP) is 7.11. The van der Waals surface area contributed by atoms with Crippen molar-refractivity contribution in [3.63, 3.8) is 0 Å². The fourth-order valence-corrected chi connectivity index (χ4v) is 12.7. The minimum Gasteiger partial charge on any atom is -0.454 e. The lowest BCUT2D eigenvalue weighted by Gasteiger charge is -2.32. The number of fused-ring (bicyclic) bond motifs is 3. The molecule has 0 spiro atoms. The molecule has 68 heavy (non-hydrogen) atoms. The van der Waals surface area contributed by atoms with Gasteiger partial charge in [-0.1, -0.05) is 65.2 Å². The minimum absolute atomic E-state index is 0.00298. The number of nitrogens with two attached hydrogens (primary N) is 2. The Bertz CT molecular complexity index is 2460. The van der Waals surface area contributed by atoms with Crippen molar-refractivity contribution in [1.82, 2.24) is 39.0 Å². The van der Waals surface area contributed by atoms with Crippen molar-refractivity contribution in [2.75, 3.05) is 50.0 Å². The lowest BCUT2D eigenvalue weighted by molar-refractivity contribution is -0.142. The van der Waals surface area contributed by atoms with Gasteiger partial charge in [0.2, 0.25) is 5.95 Å². The van der Waals surface area contributed by atoms with Crippen molar-refractivity contribution in [3.8, 4) is 0 Å². The summed E-state index contributed by atoms with van der Waals surface area (Å²) in [7, 11) is 1.11. The van der Waals surface area contributed by atoms with Gasteiger partial charge in [0.15, 0.2) is 47.4 Å². The highest BCUT2D eigenvalue weighted by Gasteiger charge is 2.51. The van der Waals surface area contributed by atoms with Gasteiger partial charge in [-0.3, -0.25) is 42.1 Å². The van der Waals surface area contributed by atoms with Crippen LogP contribution in [-0.4, -0.2) is 120 Å².